The Kier molecular flexibility index (Phi) is 2.18. The van der Waals surface area contributed by atoms with Gasteiger partial charge in [-0.2, -0.15) is 0 Å². The lowest BCUT2D eigenvalue weighted by Crippen LogP contribution is -1.93. The summed E-state index contributed by atoms with van der Waals surface area (Å²) < 4.78 is 2.09. The molecule has 3 heteroatoms. The number of rotatable bonds is 1. The predicted molar refractivity (Wildman–Crippen MR) is 68.7 cm³/mol. The van der Waals surface area contributed by atoms with Gasteiger partial charge in [0.25, 0.3) is 0 Å². The maximum atomic E-state index is 4.68. The highest BCUT2D eigenvalue weighted by atomic mass is 15.1. The first-order valence-electron chi connectivity index (χ1n) is 5.61. The Labute approximate surface area is 99.8 Å². The molecule has 0 N–H and O–H groups in total. The number of benzene rings is 1. The molecule has 0 radical (unpaired) electrons. The Bertz CT molecular complexity index is 669. The van der Waals surface area contributed by atoms with E-state index >= 15 is 0 Å². The van der Waals surface area contributed by atoms with Crippen molar-refractivity contribution >= 4 is 11.0 Å². The number of fused-ring (bicyclic) bond motifs is 1. The van der Waals surface area contributed by atoms with Crippen molar-refractivity contribution in [1.29, 1.82) is 0 Å². The van der Waals surface area contributed by atoms with Crippen LogP contribution in [-0.4, -0.2) is 14.5 Å². The summed E-state index contributed by atoms with van der Waals surface area (Å²) in [5.41, 5.74) is 4.30. The maximum Gasteiger partial charge on any atom is 0.159 e. The van der Waals surface area contributed by atoms with Gasteiger partial charge in [0.15, 0.2) is 5.82 Å². The number of nitrogens with zero attached hydrogens (tertiary/aromatic N) is 3. The van der Waals surface area contributed by atoms with E-state index < -0.39 is 0 Å². The van der Waals surface area contributed by atoms with Gasteiger partial charge < -0.3 is 4.57 Å². The van der Waals surface area contributed by atoms with Gasteiger partial charge in [-0.1, -0.05) is 18.2 Å². The molecule has 0 saturated heterocycles. The summed E-state index contributed by atoms with van der Waals surface area (Å²) in [6, 6.07) is 12.1. The van der Waals surface area contributed by atoms with E-state index in [1.807, 2.05) is 25.2 Å². The van der Waals surface area contributed by atoms with Crippen molar-refractivity contribution in [1.82, 2.24) is 14.5 Å². The lowest BCUT2D eigenvalue weighted by molar-refractivity contribution is 0.950. The summed E-state index contributed by atoms with van der Waals surface area (Å²) in [6.07, 6.45) is 1.79. The van der Waals surface area contributed by atoms with Crippen molar-refractivity contribution in [2.24, 2.45) is 7.05 Å². The van der Waals surface area contributed by atoms with Gasteiger partial charge in [0.2, 0.25) is 0 Å². The largest absolute Gasteiger partial charge is 0.326 e. The predicted octanol–water partition coefficient (Wildman–Crippen LogP) is 2.94. The molecule has 0 atom stereocenters. The SMILES string of the molecule is Cc1cccc2c1nc(-c1ccccn1)n2C. The van der Waals surface area contributed by atoms with Crippen LogP contribution in [0, 0.1) is 6.92 Å². The summed E-state index contributed by atoms with van der Waals surface area (Å²) >= 11 is 0. The first-order valence-corrected chi connectivity index (χ1v) is 5.61. The molecule has 0 fully saturated rings. The zero-order chi connectivity index (χ0) is 11.8. The lowest BCUT2D eigenvalue weighted by Gasteiger charge is -2.00. The highest BCUT2D eigenvalue weighted by Gasteiger charge is 2.11. The van der Waals surface area contributed by atoms with Crippen LogP contribution in [0.3, 0.4) is 0 Å². The first-order chi connectivity index (χ1) is 8.27. The zero-order valence-electron chi connectivity index (χ0n) is 9.88. The molecule has 0 bridgehead atoms. The minimum atomic E-state index is 0.908. The molecule has 0 aliphatic rings. The summed E-state index contributed by atoms with van der Waals surface area (Å²) in [5.74, 6) is 0.912. The second kappa shape index (κ2) is 3.70. The first kappa shape index (κ1) is 10.0. The van der Waals surface area contributed by atoms with E-state index in [9.17, 15) is 0 Å². The summed E-state index contributed by atoms with van der Waals surface area (Å²) in [6.45, 7) is 2.08. The molecular weight excluding hydrogens is 210 g/mol. The Balaban J connectivity index is 2.32. The number of para-hydroxylation sites is 1. The molecule has 17 heavy (non-hydrogen) atoms. The van der Waals surface area contributed by atoms with Gasteiger partial charge in [-0.05, 0) is 30.7 Å². The van der Waals surface area contributed by atoms with Crippen LogP contribution in [0.25, 0.3) is 22.6 Å². The molecule has 3 aromatic rings. The van der Waals surface area contributed by atoms with Gasteiger partial charge in [0, 0.05) is 13.2 Å². The van der Waals surface area contributed by atoms with Gasteiger partial charge in [-0.25, -0.2) is 4.98 Å². The minimum absolute atomic E-state index is 0.908. The van der Waals surface area contributed by atoms with E-state index in [4.69, 9.17) is 0 Å². The van der Waals surface area contributed by atoms with Crippen LogP contribution in [-0.2, 0) is 7.05 Å². The normalized spacial score (nSPS) is 10.9. The van der Waals surface area contributed by atoms with E-state index in [2.05, 4.69) is 39.7 Å². The molecule has 84 valence electrons. The van der Waals surface area contributed by atoms with Crippen LogP contribution in [0.2, 0.25) is 0 Å². The van der Waals surface area contributed by atoms with E-state index in [0.29, 0.717) is 0 Å². The van der Waals surface area contributed by atoms with Crippen molar-refractivity contribution in [3.05, 3.63) is 48.2 Å². The molecule has 2 heterocycles. The topological polar surface area (TPSA) is 30.7 Å². The molecule has 1 aromatic carbocycles. The standard InChI is InChI=1S/C14H13N3/c1-10-6-5-8-12-13(10)16-14(17(12)2)11-7-3-4-9-15-11/h3-9H,1-2H3. The van der Waals surface area contributed by atoms with Gasteiger partial charge in [0.05, 0.1) is 11.0 Å². The number of aromatic nitrogens is 3. The van der Waals surface area contributed by atoms with E-state index in [0.717, 1.165) is 22.6 Å². The molecule has 0 saturated carbocycles. The van der Waals surface area contributed by atoms with E-state index in [-0.39, 0.29) is 0 Å². The second-order valence-corrected chi connectivity index (χ2v) is 4.15. The molecule has 0 spiro atoms. The van der Waals surface area contributed by atoms with Gasteiger partial charge in [-0.15, -0.1) is 0 Å². The number of aryl methyl sites for hydroxylation is 2. The summed E-state index contributed by atoms with van der Waals surface area (Å²) in [7, 11) is 2.03. The van der Waals surface area contributed by atoms with Crippen molar-refractivity contribution < 1.29 is 0 Å². The third kappa shape index (κ3) is 1.51. The minimum Gasteiger partial charge on any atom is -0.326 e. The third-order valence-electron chi connectivity index (χ3n) is 3.01. The number of pyridine rings is 1. The van der Waals surface area contributed by atoms with Crippen molar-refractivity contribution in [2.45, 2.75) is 6.92 Å². The molecule has 3 nitrogen and oxygen atoms in total. The van der Waals surface area contributed by atoms with Crippen molar-refractivity contribution in [3.8, 4) is 11.5 Å². The Hall–Kier alpha value is -2.16. The fourth-order valence-electron chi connectivity index (χ4n) is 2.08. The van der Waals surface area contributed by atoms with Gasteiger partial charge >= 0.3 is 0 Å². The fourth-order valence-corrected chi connectivity index (χ4v) is 2.08. The van der Waals surface area contributed by atoms with Crippen LogP contribution < -0.4 is 0 Å². The van der Waals surface area contributed by atoms with Crippen LogP contribution in [0.5, 0.6) is 0 Å². The van der Waals surface area contributed by atoms with Crippen molar-refractivity contribution in [2.75, 3.05) is 0 Å². The molecule has 3 rings (SSSR count). The van der Waals surface area contributed by atoms with Crippen LogP contribution in [0.15, 0.2) is 42.6 Å². The number of hydrogen-bond acceptors (Lipinski definition) is 2. The summed E-state index contributed by atoms with van der Waals surface area (Å²) in [4.78, 5) is 9.03. The molecular formula is C14H13N3. The van der Waals surface area contributed by atoms with Crippen LogP contribution >= 0.6 is 0 Å². The quantitative estimate of drug-likeness (QED) is 0.635. The van der Waals surface area contributed by atoms with Crippen LogP contribution in [0.4, 0.5) is 0 Å². The fraction of sp³-hybridized carbons (Fsp3) is 0.143. The monoisotopic (exact) mass is 223 g/mol. The van der Waals surface area contributed by atoms with E-state index in [1.54, 1.807) is 6.20 Å². The zero-order valence-corrected chi connectivity index (χ0v) is 9.88. The molecule has 0 aliphatic heterocycles. The Morgan fingerprint density at radius 2 is 1.94 bits per heavy atom. The molecule has 0 aliphatic carbocycles. The van der Waals surface area contributed by atoms with Gasteiger partial charge in [-0.3, -0.25) is 4.98 Å². The number of hydrogen-bond donors (Lipinski definition) is 0. The molecule has 0 amide bonds. The maximum absolute atomic E-state index is 4.68. The van der Waals surface area contributed by atoms with Gasteiger partial charge in [0.1, 0.15) is 5.69 Å². The smallest absolute Gasteiger partial charge is 0.159 e. The third-order valence-corrected chi connectivity index (χ3v) is 3.01. The van der Waals surface area contributed by atoms with Crippen molar-refractivity contribution in [3.63, 3.8) is 0 Å². The Morgan fingerprint density at radius 3 is 2.65 bits per heavy atom. The average Bonchev–Trinajstić information content (AvgIpc) is 2.70. The Morgan fingerprint density at radius 1 is 1.06 bits per heavy atom. The lowest BCUT2D eigenvalue weighted by atomic mass is 10.2. The number of imidazole rings is 1. The highest BCUT2D eigenvalue weighted by molar-refractivity contribution is 5.82. The second-order valence-electron chi connectivity index (χ2n) is 4.15. The highest BCUT2D eigenvalue weighted by Crippen LogP contribution is 2.23. The average molecular weight is 223 g/mol. The summed E-state index contributed by atoms with van der Waals surface area (Å²) in [5, 5.41) is 0. The molecule has 2 aromatic heterocycles. The van der Waals surface area contributed by atoms with E-state index in [1.165, 1.54) is 5.56 Å². The van der Waals surface area contributed by atoms with Crippen LogP contribution in [0.1, 0.15) is 5.56 Å². The molecule has 0 unspecified atom stereocenters.